The fraction of sp³-hybridized carbons (Fsp3) is 0.292. The number of H-pyrrole nitrogens is 1. The van der Waals surface area contributed by atoms with Gasteiger partial charge < -0.3 is 47.5 Å². The second-order valence-corrected chi connectivity index (χ2v) is 8.59. The summed E-state index contributed by atoms with van der Waals surface area (Å²) < 4.78 is 0. The zero-order chi connectivity index (χ0) is 31.4. The van der Waals surface area contributed by atoms with Crippen LogP contribution in [0.1, 0.15) is 41.7 Å². The summed E-state index contributed by atoms with van der Waals surface area (Å²) in [5.74, 6) is -5.35. The Balaban J connectivity index is 0.000000528. The minimum atomic E-state index is -1.31. The first-order valence-corrected chi connectivity index (χ1v) is 12.1. The number of nitrogens with zero attached hydrogens (tertiary/aromatic N) is 3. The topological polar surface area (TPSA) is 314 Å². The van der Waals surface area contributed by atoms with Gasteiger partial charge in [-0.05, 0) is 37.1 Å². The van der Waals surface area contributed by atoms with Crippen LogP contribution in [0.5, 0.6) is 0 Å². The van der Waals surface area contributed by atoms with Crippen LogP contribution < -0.4 is 27.7 Å². The number of carboxylic acid groups (broad SMARTS) is 4. The summed E-state index contributed by atoms with van der Waals surface area (Å²) >= 11 is 0. The van der Waals surface area contributed by atoms with E-state index in [-0.39, 0.29) is 54.9 Å². The number of carbonyl (C=O) groups excluding carboxylic acids is 1. The quantitative estimate of drug-likeness (QED) is 0.118. The van der Waals surface area contributed by atoms with Crippen LogP contribution in [-0.4, -0.2) is 82.2 Å². The molecule has 0 aliphatic carbocycles. The van der Waals surface area contributed by atoms with Crippen molar-refractivity contribution in [1.29, 1.82) is 0 Å². The Morgan fingerprint density at radius 3 is 2.10 bits per heavy atom. The monoisotopic (exact) mass is 588 g/mol. The molecule has 0 radical (unpaired) electrons. The molecule has 0 bridgehead atoms. The molecule has 2 heterocycles. The van der Waals surface area contributed by atoms with Gasteiger partial charge in [0.1, 0.15) is 12.1 Å². The Bertz CT molecular complexity index is 1510. The number of carbonyl (C=O) groups is 5. The lowest BCUT2D eigenvalue weighted by molar-refractivity contribution is -0.142. The smallest absolute Gasteiger partial charge is 0.326 e. The Morgan fingerprint density at radius 2 is 1.52 bits per heavy atom. The molecule has 0 aliphatic rings. The number of nitrogens with one attached hydrogen (secondary N) is 3. The molecule has 3 aromatic rings. The molecule has 2 atom stereocenters. The number of amides is 1. The summed E-state index contributed by atoms with van der Waals surface area (Å²) in [5.41, 5.74) is 11.5. The van der Waals surface area contributed by atoms with Crippen molar-refractivity contribution < 1.29 is 44.4 Å². The number of aromatic amines is 1. The molecule has 0 saturated carbocycles. The average Bonchev–Trinajstić information content (AvgIpc) is 2.93. The summed E-state index contributed by atoms with van der Waals surface area (Å²) in [7, 11) is 0. The summed E-state index contributed by atoms with van der Waals surface area (Å²) in [5, 5.41) is 39.5. The van der Waals surface area contributed by atoms with Crippen LogP contribution in [0.25, 0.3) is 11.2 Å². The van der Waals surface area contributed by atoms with Gasteiger partial charge in [-0.3, -0.25) is 24.0 Å². The van der Waals surface area contributed by atoms with Gasteiger partial charge in [0.25, 0.3) is 5.91 Å². The van der Waals surface area contributed by atoms with E-state index in [9.17, 15) is 28.8 Å². The van der Waals surface area contributed by atoms with Crippen LogP contribution in [0.2, 0.25) is 0 Å². The van der Waals surface area contributed by atoms with E-state index in [1.807, 2.05) is 0 Å². The fourth-order valence-corrected chi connectivity index (χ4v) is 3.16. The molecular weight excluding hydrogens is 560 g/mol. The number of nitrogens with two attached hydrogens (primary N) is 2. The van der Waals surface area contributed by atoms with Crippen molar-refractivity contribution in [2.24, 2.45) is 5.73 Å². The van der Waals surface area contributed by atoms with Crippen molar-refractivity contribution >= 4 is 52.6 Å². The number of fused-ring (bicyclic) bond motifs is 1. The second-order valence-electron chi connectivity index (χ2n) is 8.59. The van der Waals surface area contributed by atoms with E-state index in [4.69, 9.17) is 31.9 Å². The lowest BCUT2D eigenvalue weighted by Gasteiger charge is -2.14. The van der Waals surface area contributed by atoms with Crippen molar-refractivity contribution in [3.05, 3.63) is 52.1 Å². The van der Waals surface area contributed by atoms with Crippen molar-refractivity contribution in [1.82, 2.24) is 25.3 Å². The van der Waals surface area contributed by atoms with Crippen LogP contribution in [-0.2, 0) is 25.7 Å². The van der Waals surface area contributed by atoms with Gasteiger partial charge in [-0.25, -0.2) is 14.8 Å². The molecule has 18 nitrogen and oxygen atoms in total. The van der Waals surface area contributed by atoms with E-state index in [1.54, 1.807) is 12.1 Å². The number of benzene rings is 1. The Kier molecular flexibility index (Phi) is 11.8. The Morgan fingerprint density at radius 1 is 0.905 bits per heavy atom. The molecular formula is C24H28N8O10. The number of hydrogen-bond donors (Lipinski definition) is 9. The number of aliphatic carboxylic acids is 4. The molecule has 0 fully saturated rings. The molecule has 1 amide bonds. The first-order chi connectivity index (χ1) is 19.8. The van der Waals surface area contributed by atoms with Gasteiger partial charge >= 0.3 is 29.4 Å². The summed E-state index contributed by atoms with van der Waals surface area (Å²) in [6, 6.07) is 3.80. The molecule has 0 saturated heterocycles. The van der Waals surface area contributed by atoms with Crippen molar-refractivity contribution in [2.45, 2.75) is 44.3 Å². The Hall–Kier alpha value is -5.65. The summed E-state index contributed by atoms with van der Waals surface area (Å²) in [6.45, 7) is 0.231. The van der Waals surface area contributed by atoms with Crippen molar-refractivity contribution in [3.63, 3.8) is 0 Å². The number of hydrogen-bond acceptors (Lipinski definition) is 12. The average molecular weight is 589 g/mol. The molecule has 42 heavy (non-hydrogen) atoms. The molecule has 1 unspecified atom stereocenters. The highest BCUT2D eigenvalue weighted by Gasteiger charge is 2.21. The second kappa shape index (κ2) is 15.2. The third kappa shape index (κ3) is 10.5. The van der Waals surface area contributed by atoms with E-state index in [1.165, 1.54) is 18.3 Å². The minimum absolute atomic E-state index is 0.0231. The standard InChI is InChI=1S/C19H19N7O6.C5H9NO4/c20-19-25-15-14(17(30)26-19)23-11(8-22-15)7-21-10-3-1-9(2-4-10)16(29)24-12(18(31)32)5-6-13(27)28;6-3(5(9)10)1-2-4(7)8/h1-4,8,12,21H,5-7H2,(H,24,29)(H,27,28)(H,31,32)(H3,20,22,25,26,30);3H,1-2,6H2,(H,7,8)(H,9,10)/t12-;/m0./s1. The molecule has 1 aromatic carbocycles. The van der Waals surface area contributed by atoms with Crippen LogP contribution in [0, 0.1) is 0 Å². The van der Waals surface area contributed by atoms with E-state index >= 15 is 0 Å². The van der Waals surface area contributed by atoms with Crippen molar-refractivity contribution in [3.8, 4) is 0 Å². The van der Waals surface area contributed by atoms with E-state index in [0.29, 0.717) is 11.4 Å². The highest BCUT2D eigenvalue weighted by molar-refractivity contribution is 5.97. The Labute approximate surface area is 235 Å². The van der Waals surface area contributed by atoms with Gasteiger partial charge in [-0.15, -0.1) is 0 Å². The van der Waals surface area contributed by atoms with E-state index in [2.05, 4.69) is 30.6 Å². The number of anilines is 2. The first-order valence-electron chi connectivity index (χ1n) is 12.1. The predicted molar refractivity (Wildman–Crippen MR) is 144 cm³/mol. The third-order valence-corrected chi connectivity index (χ3v) is 5.35. The SMILES string of the molecule is NC(CCC(=O)O)C(=O)O.Nc1nc(=O)c2nc(CNc3ccc(C(=O)N[C@@H](CCC(=O)O)C(=O)O)cc3)cnc2[nH]1. The molecule has 3 rings (SSSR count). The van der Waals surface area contributed by atoms with Gasteiger partial charge in [0.05, 0.1) is 18.4 Å². The maximum atomic E-state index is 12.3. The normalized spacial score (nSPS) is 11.8. The van der Waals surface area contributed by atoms with Gasteiger partial charge in [0.2, 0.25) is 5.95 Å². The molecule has 2 aromatic heterocycles. The third-order valence-electron chi connectivity index (χ3n) is 5.35. The van der Waals surface area contributed by atoms with Gasteiger partial charge in [0, 0.05) is 24.1 Å². The maximum Gasteiger partial charge on any atom is 0.326 e. The van der Waals surface area contributed by atoms with Crippen LogP contribution in [0.15, 0.2) is 35.3 Å². The number of carboxylic acids is 4. The molecule has 11 N–H and O–H groups in total. The zero-order valence-corrected chi connectivity index (χ0v) is 21.8. The van der Waals surface area contributed by atoms with Crippen LogP contribution in [0.4, 0.5) is 11.6 Å². The highest BCUT2D eigenvalue weighted by Crippen LogP contribution is 2.12. The number of nitrogen functional groups attached to an aromatic ring is 1. The van der Waals surface area contributed by atoms with Gasteiger partial charge in [0.15, 0.2) is 11.2 Å². The van der Waals surface area contributed by atoms with Crippen molar-refractivity contribution in [2.75, 3.05) is 11.1 Å². The summed E-state index contributed by atoms with van der Waals surface area (Å²) in [4.78, 5) is 80.4. The predicted octanol–water partition coefficient (Wildman–Crippen LogP) is -0.782. The molecule has 18 heteroatoms. The largest absolute Gasteiger partial charge is 0.481 e. The highest BCUT2D eigenvalue weighted by atomic mass is 16.4. The molecule has 224 valence electrons. The summed E-state index contributed by atoms with van der Waals surface area (Å²) in [6.07, 6.45) is 0.634. The first kappa shape index (κ1) is 32.6. The van der Waals surface area contributed by atoms with Gasteiger partial charge in [-0.1, -0.05) is 0 Å². The van der Waals surface area contributed by atoms with E-state index < -0.39 is 47.4 Å². The molecule has 0 spiro atoms. The fourth-order valence-electron chi connectivity index (χ4n) is 3.16. The van der Waals surface area contributed by atoms with Crippen LogP contribution >= 0.6 is 0 Å². The lowest BCUT2D eigenvalue weighted by Crippen LogP contribution is -2.41. The minimum Gasteiger partial charge on any atom is -0.481 e. The molecule has 0 aliphatic heterocycles. The van der Waals surface area contributed by atoms with Gasteiger partial charge in [-0.2, -0.15) is 4.98 Å². The lowest BCUT2D eigenvalue weighted by atomic mass is 10.1. The maximum absolute atomic E-state index is 12.3. The number of rotatable bonds is 13. The van der Waals surface area contributed by atoms with E-state index in [0.717, 1.165) is 0 Å². The zero-order valence-electron chi connectivity index (χ0n) is 21.8. The number of aromatic nitrogens is 4. The van der Waals surface area contributed by atoms with Crippen LogP contribution in [0.3, 0.4) is 0 Å².